The Balaban J connectivity index is 3.62. The third kappa shape index (κ3) is 2.95. The highest BCUT2D eigenvalue weighted by Gasteiger charge is 2.20. The number of ether oxygens (including phenoxy) is 1. The van der Waals surface area contributed by atoms with E-state index < -0.39 is 0 Å². The van der Waals surface area contributed by atoms with Gasteiger partial charge < -0.3 is 9.64 Å². The Morgan fingerprint density at radius 2 is 1.58 bits per heavy atom. The van der Waals surface area contributed by atoms with Gasteiger partial charge >= 0.3 is 5.97 Å². The fourth-order valence-electron chi connectivity index (χ4n) is 1.98. The van der Waals surface area contributed by atoms with Crippen molar-refractivity contribution in [2.24, 2.45) is 4.99 Å². The first-order valence-corrected chi connectivity index (χ1v) is 6.20. The average molecular weight is 262 g/mol. The predicted molar refractivity (Wildman–Crippen MR) is 78.6 cm³/mol. The van der Waals surface area contributed by atoms with E-state index in [-0.39, 0.29) is 5.97 Å². The maximum atomic E-state index is 12.0. The van der Waals surface area contributed by atoms with Gasteiger partial charge in [0.15, 0.2) is 0 Å². The summed E-state index contributed by atoms with van der Waals surface area (Å²) in [5, 5.41) is 0. The minimum atomic E-state index is -0.338. The second-order valence-electron chi connectivity index (χ2n) is 4.92. The number of carbonyl (C=O) groups excluding carboxylic acids is 1. The van der Waals surface area contributed by atoms with Gasteiger partial charge in [0.05, 0.1) is 24.7 Å². The smallest absolute Gasteiger partial charge is 0.340 e. The summed E-state index contributed by atoms with van der Waals surface area (Å²) >= 11 is 0. The van der Waals surface area contributed by atoms with Crippen LogP contribution >= 0.6 is 0 Å². The van der Waals surface area contributed by atoms with E-state index in [2.05, 4.69) is 4.99 Å². The lowest BCUT2D eigenvalue weighted by atomic mass is 9.92. The van der Waals surface area contributed by atoms with Crippen LogP contribution in [0, 0.1) is 27.7 Å². The van der Waals surface area contributed by atoms with Gasteiger partial charge in [0.2, 0.25) is 0 Å². The molecular formula is C15H22N2O2. The van der Waals surface area contributed by atoms with Gasteiger partial charge in [-0.2, -0.15) is 0 Å². The second kappa shape index (κ2) is 5.87. The number of nitrogens with zero attached hydrogens (tertiary/aromatic N) is 2. The highest BCUT2D eigenvalue weighted by Crippen LogP contribution is 2.33. The average Bonchev–Trinajstić information content (AvgIpc) is 2.37. The Hall–Kier alpha value is -1.84. The first-order valence-electron chi connectivity index (χ1n) is 6.20. The molecule has 0 saturated carbocycles. The molecule has 0 amide bonds. The van der Waals surface area contributed by atoms with Crippen LogP contribution in [0.25, 0.3) is 0 Å². The highest BCUT2D eigenvalue weighted by molar-refractivity contribution is 5.98. The molecule has 104 valence electrons. The molecule has 19 heavy (non-hydrogen) atoms. The van der Waals surface area contributed by atoms with Gasteiger partial charge in [0.25, 0.3) is 0 Å². The van der Waals surface area contributed by atoms with E-state index in [0.29, 0.717) is 11.3 Å². The highest BCUT2D eigenvalue weighted by atomic mass is 16.5. The van der Waals surface area contributed by atoms with Crippen LogP contribution in [0.5, 0.6) is 0 Å². The van der Waals surface area contributed by atoms with Crippen LogP contribution in [0.4, 0.5) is 5.69 Å². The molecule has 1 rings (SSSR count). The standard InChI is InChI=1S/C15H22N2O2/c1-9-10(2)12(4)14(16-8-17(5)6)13(11(9)3)15(18)19-7/h8H,1-7H3. The molecule has 0 fully saturated rings. The largest absolute Gasteiger partial charge is 0.465 e. The molecule has 1 aromatic rings. The molecule has 0 aliphatic carbocycles. The number of aliphatic imine (C=N–C) groups is 1. The molecule has 0 N–H and O–H groups in total. The Morgan fingerprint density at radius 3 is 2.05 bits per heavy atom. The summed E-state index contributed by atoms with van der Waals surface area (Å²) in [7, 11) is 5.18. The number of rotatable bonds is 3. The van der Waals surface area contributed by atoms with Crippen molar-refractivity contribution in [2.45, 2.75) is 27.7 Å². The molecule has 4 heteroatoms. The summed E-state index contributed by atoms with van der Waals surface area (Å²) in [6.07, 6.45) is 1.70. The first kappa shape index (κ1) is 15.2. The van der Waals surface area contributed by atoms with Gasteiger partial charge in [-0.05, 0) is 49.9 Å². The van der Waals surface area contributed by atoms with Crippen molar-refractivity contribution in [3.8, 4) is 0 Å². The van der Waals surface area contributed by atoms with E-state index in [0.717, 1.165) is 22.3 Å². The van der Waals surface area contributed by atoms with Gasteiger partial charge in [-0.25, -0.2) is 9.79 Å². The molecule has 0 saturated heterocycles. The van der Waals surface area contributed by atoms with Crippen LogP contribution in [-0.4, -0.2) is 38.4 Å². The lowest BCUT2D eigenvalue weighted by Crippen LogP contribution is -2.11. The molecule has 0 radical (unpaired) electrons. The monoisotopic (exact) mass is 262 g/mol. The fourth-order valence-corrected chi connectivity index (χ4v) is 1.98. The van der Waals surface area contributed by atoms with Crippen molar-refractivity contribution in [1.29, 1.82) is 0 Å². The van der Waals surface area contributed by atoms with Crippen LogP contribution in [0.15, 0.2) is 4.99 Å². The summed E-state index contributed by atoms with van der Waals surface area (Å²) in [5.41, 5.74) is 5.47. The first-order chi connectivity index (χ1) is 8.81. The fraction of sp³-hybridized carbons (Fsp3) is 0.467. The van der Waals surface area contributed by atoms with Gasteiger partial charge in [0.1, 0.15) is 0 Å². The molecule has 0 aliphatic rings. The molecule has 0 aliphatic heterocycles. The summed E-state index contributed by atoms with van der Waals surface area (Å²) in [5.74, 6) is -0.338. The van der Waals surface area contributed by atoms with E-state index in [4.69, 9.17) is 4.74 Å². The summed E-state index contributed by atoms with van der Waals surface area (Å²) in [6.45, 7) is 7.98. The van der Waals surface area contributed by atoms with E-state index in [1.165, 1.54) is 7.11 Å². The summed E-state index contributed by atoms with van der Waals surface area (Å²) in [6, 6.07) is 0. The van der Waals surface area contributed by atoms with Crippen molar-refractivity contribution in [3.63, 3.8) is 0 Å². The van der Waals surface area contributed by atoms with Gasteiger partial charge in [-0.1, -0.05) is 0 Å². The van der Waals surface area contributed by atoms with Gasteiger partial charge in [-0.3, -0.25) is 0 Å². The second-order valence-corrected chi connectivity index (χ2v) is 4.92. The van der Waals surface area contributed by atoms with Crippen molar-refractivity contribution < 1.29 is 9.53 Å². The summed E-state index contributed by atoms with van der Waals surface area (Å²) in [4.78, 5) is 18.3. The number of methoxy groups -OCH3 is 1. The Labute approximate surface area is 115 Å². The Bertz CT molecular complexity index is 532. The number of benzene rings is 1. The predicted octanol–water partition coefficient (Wildman–Crippen LogP) is 2.93. The maximum absolute atomic E-state index is 12.0. The van der Waals surface area contributed by atoms with Gasteiger partial charge in [0, 0.05) is 14.1 Å². The topological polar surface area (TPSA) is 41.9 Å². The van der Waals surface area contributed by atoms with E-state index >= 15 is 0 Å². The molecule has 1 aromatic carbocycles. The number of carbonyl (C=O) groups is 1. The Morgan fingerprint density at radius 1 is 1.05 bits per heavy atom. The van der Waals surface area contributed by atoms with Crippen LogP contribution in [0.2, 0.25) is 0 Å². The zero-order chi connectivity index (χ0) is 14.7. The van der Waals surface area contributed by atoms with E-state index in [1.807, 2.05) is 46.7 Å². The third-order valence-corrected chi connectivity index (χ3v) is 3.46. The minimum Gasteiger partial charge on any atom is -0.465 e. The lowest BCUT2D eigenvalue weighted by molar-refractivity contribution is 0.0600. The maximum Gasteiger partial charge on any atom is 0.340 e. The molecule has 0 atom stereocenters. The molecular weight excluding hydrogens is 240 g/mol. The van der Waals surface area contributed by atoms with E-state index in [1.54, 1.807) is 6.34 Å². The van der Waals surface area contributed by atoms with Crippen LogP contribution in [0.1, 0.15) is 32.6 Å². The molecule has 0 bridgehead atoms. The number of hydrogen-bond donors (Lipinski definition) is 0. The van der Waals surface area contributed by atoms with Gasteiger partial charge in [-0.15, -0.1) is 0 Å². The van der Waals surface area contributed by atoms with Crippen molar-refractivity contribution >= 4 is 18.0 Å². The molecule has 0 heterocycles. The summed E-state index contributed by atoms with van der Waals surface area (Å²) < 4.78 is 4.89. The van der Waals surface area contributed by atoms with Crippen LogP contribution < -0.4 is 0 Å². The molecule has 0 unspecified atom stereocenters. The zero-order valence-corrected chi connectivity index (χ0v) is 12.8. The van der Waals surface area contributed by atoms with Crippen molar-refractivity contribution in [1.82, 2.24) is 4.90 Å². The quantitative estimate of drug-likeness (QED) is 0.478. The normalized spacial score (nSPS) is 10.9. The molecule has 0 aromatic heterocycles. The molecule has 4 nitrogen and oxygen atoms in total. The lowest BCUT2D eigenvalue weighted by Gasteiger charge is -2.17. The van der Waals surface area contributed by atoms with Crippen molar-refractivity contribution in [2.75, 3.05) is 21.2 Å². The van der Waals surface area contributed by atoms with E-state index in [9.17, 15) is 4.79 Å². The van der Waals surface area contributed by atoms with Crippen molar-refractivity contribution in [3.05, 3.63) is 27.8 Å². The zero-order valence-electron chi connectivity index (χ0n) is 12.8. The van der Waals surface area contributed by atoms with Crippen LogP contribution in [-0.2, 0) is 4.74 Å². The number of hydrogen-bond acceptors (Lipinski definition) is 3. The Kier molecular flexibility index (Phi) is 4.70. The number of esters is 1. The molecule has 0 spiro atoms. The third-order valence-electron chi connectivity index (χ3n) is 3.46. The minimum absolute atomic E-state index is 0.338. The SMILES string of the molecule is COC(=O)c1c(C)c(C)c(C)c(C)c1N=CN(C)C. The van der Waals surface area contributed by atoms with Crippen LogP contribution in [0.3, 0.4) is 0 Å².